The second-order valence-corrected chi connectivity index (χ2v) is 6.18. The van der Waals surface area contributed by atoms with Crippen molar-refractivity contribution < 1.29 is 9.84 Å². The van der Waals surface area contributed by atoms with Gasteiger partial charge >= 0.3 is 0 Å². The molecule has 0 spiro atoms. The zero-order valence-corrected chi connectivity index (χ0v) is 13.4. The number of benzene rings is 1. The van der Waals surface area contributed by atoms with Gasteiger partial charge in [-0.1, -0.05) is 31.9 Å². The van der Waals surface area contributed by atoms with Crippen LogP contribution >= 0.6 is 0 Å². The molecule has 118 valence electrons. The predicted molar refractivity (Wildman–Crippen MR) is 86.6 cm³/mol. The number of ether oxygens (including phenoxy) is 1. The standard InChI is InChI=1S/C18H29NO2/c1-3-6-15-7-5-11-19(12-10-15)14-18(20)16-8-4-9-17(13-16)21-2/h4,8-9,13,15,18,20H,3,5-7,10-12,14H2,1-2H3. The Kier molecular flexibility index (Phi) is 6.52. The maximum Gasteiger partial charge on any atom is 0.119 e. The van der Waals surface area contributed by atoms with E-state index in [4.69, 9.17) is 4.74 Å². The number of methoxy groups -OCH3 is 1. The van der Waals surface area contributed by atoms with Crippen molar-refractivity contribution in [2.75, 3.05) is 26.7 Å². The van der Waals surface area contributed by atoms with Crippen molar-refractivity contribution in [3.63, 3.8) is 0 Å². The fraction of sp³-hybridized carbons (Fsp3) is 0.667. The third-order valence-electron chi connectivity index (χ3n) is 4.55. The number of likely N-dealkylation sites (tertiary alicyclic amines) is 1. The summed E-state index contributed by atoms with van der Waals surface area (Å²) >= 11 is 0. The van der Waals surface area contributed by atoms with Gasteiger partial charge in [-0.3, -0.25) is 0 Å². The van der Waals surface area contributed by atoms with Crippen LogP contribution in [0.1, 0.15) is 50.7 Å². The summed E-state index contributed by atoms with van der Waals surface area (Å²) in [6, 6.07) is 7.77. The van der Waals surface area contributed by atoms with Crippen LogP contribution in [0.4, 0.5) is 0 Å². The van der Waals surface area contributed by atoms with Crippen molar-refractivity contribution in [3.05, 3.63) is 29.8 Å². The Morgan fingerprint density at radius 1 is 1.33 bits per heavy atom. The quantitative estimate of drug-likeness (QED) is 0.868. The normalized spacial score (nSPS) is 21.8. The summed E-state index contributed by atoms with van der Waals surface area (Å²) in [6.07, 6.45) is 6.10. The smallest absolute Gasteiger partial charge is 0.119 e. The molecule has 3 heteroatoms. The van der Waals surface area contributed by atoms with Gasteiger partial charge in [0.25, 0.3) is 0 Å². The number of hydrogen-bond acceptors (Lipinski definition) is 3. The number of hydrogen-bond donors (Lipinski definition) is 1. The van der Waals surface area contributed by atoms with E-state index in [0.29, 0.717) is 0 Å². The molecule has 1 fully saturated rings. The topological polar surface area (TPSA) is 32.7 Å². The molecule has 0 aromatic heterocycles. The first-order valence-electron chi connectivity index (χ1n) is 8.27. The molecule has 1 aromatic carbocycles. The van der Waals surface area contributed by atoms with E-state index in [-0.39, 0.29) is 0 Å². The lowest BCUT2D eigenvalue weighted by Crippen LogP contribution is -2.29. The van der Waals surface area contributed by atoms with E-state index in [9.17, 15) is 5.11 Å². The van der Waals surface area contributed by atoms with Gasteiger partial charge in [0.15, 0.2) is 0 Å². The van der Waals surface area contributed by atoms with Gasteiger partial charge in [-0.25, -0.2) is 0 Å². The van der Waals surface area contributed by atoms with Crippen molar-refractivity contribution in [1.82, 2.24) is 4.90 Å². The Hall–Kier alpha value is -1.06. The number of nitrogens with zero attached hydrogens (tertiary/aromatic N) is 1. The van der Waals surface area contributed by atoms with Gasteiger partial charge in [-0.2, -0.15) is 0 Å². The van der Waals surface area contributed by atoms with Crippen LogP contribution in [0.5, 0.6) is 5.75 Å². The molecule has 1 aliphatic rings. The van der Waals surface area contributed by atoms with E-state index in [1.165, 1.54) is 32.1 Å². The van der Waals surface area contributed by atoms with Crippen LogP contribution in [0.15, 0.2) is 24.3 Å². The van der Waals surface area contributed by atoms with Gasteiger partial charge in [0, 0.05) is 6.54 Å². The SMILES string of the molecule is CCCC1CCCN(CC(O)c2cccc(OC)c2)CC1. The van der Waals surface area contributed by atoms with Crippen LogP contribution < -0.4 is 4.74 Å². The lowest BCUT2D eigenvalue weighted by molar-refractivity contribution is 0.114. The van der Waals surface area contributed by atoms with E-state index in [0.717, 1.165) is 36.9 Å². The van der Waals surface area contributed by atoms with E-state index in [1.807, 2.05) is 24.3 Å². The molecule has 0 bridgehead atoms. The molecular formula is C18H29NO2. The van der Waals surface area contributed by atoms with Gasteiger partial charge < -0.3 is 14.7 Å². The zero-order valence-electron chi connectivity index (χ0n) is 13.4. The lowest BCUT2D eigenvalue weighted by atomic mass is 9.96. The molecule has 1 aromatic rings. The fourth-order valence-corrected chi connectivity index (χ4v) is 3.30. The monoisotopic (exact) mass is 291 g/mol. The minimum atomic E-state index is -0.428. The van der Waals surface area contributed by atoms with Crippen LogP contribution in [0, 0.1) is 5.92 Å². The molecule has 1 aliphatic heterocycles. The largest absolute Gasteiger partial charge is 0.497 e. The highest BCUT2D eigenvalue weighted by atomic mass is 16.5. The Morgan fingerprint density at radius 2 is 2.19 bits per heavy atom. The molecular weight excluding hydrogens is 262 g/mol. The van der Waals surface area contributed by atoms with Crippen LogP contribution in [-0.2, 0) is 0 Å². The fourth-order valence-electron chi connectivity index (χ4n) is 3.30. The highest BCUT2D eigenvalue weighted by molar-refractivity contribution is 5.29. The first kappa shape index (κ1) is 16.3. The van der Waals surface area contributed by atoms with E-state index in [2.05, 4.69) is 11.8 Å². The second kappa shape index (κ2) is 8.40. The molecule has 2 atom stereocenters. The first-order valence-corrected chi connectivity index (χ1v) is 8.27. The van der Waals surface area contributed by atoms with Crippen molar-refractivity contribution >= 4 is 0 Å². The van der Waals surface area contributed by atoms with E-state index in [1.54, 1.807) is 7.11 Å². The zero-order chi connectivity index (χ0) is 15.1. The van der Waals surface area contributed by atoms with Gasteiger partial charge in [0.1, 0.15) is 5.75 Å². The van der Waals surface area contributed by atoms with E-state index >= 15 is 0 Å². The molecule has 1 saturated heterocycles. The van der Waals surface area contributed by atoms with E-state index < -0.39 is 6.10 Å². The van der Waals surface area contributed by atoms with Gasteiger partial charge in [-0.05, 0) is 56.0 Å². The predicted octanol–water partition coefficient (Wildman–Crippen LogP) is 3.63. The van der Waals surface area contributed by atoms with Crippen LogP contribution in [0.2, 0.25) is 0 Å². The van der Waals surface area contributed by atoms with Crippen molar-refractivity contribution in [3.8, 4) is 5.75 Å². The minimum Gasteiger partial charge on any atom is -0.497 e. The van der Waals surface area contributed by atoms with Crippen LogP contribution in [0.3, 0.4) is 0 Å². The van der Waals surface area contributed by atoms with Crippen molar-refractivity contribution in [2.45, 2.75) is 45.1 Å². The molecule has 2 unspecified atom stereocenters. The Balaban J connectivity index is 1.88. The van der Waals surface area contributed by atoms with Crippen LogP contribution in [-0.4, -0.2) is 36.8 Å². The Labute approximate surface area is 128 Å². The van der Waals surface area contributed by atoms with Crippen molar-refractivity contribution in [1.29, 1.82) is 0 Å². The maximum atomic E-state index is 10.5. The average Bonchev–Trinajstić information content (AvgIpc) is 2.73. The Bertz CT molecular complexity index is 421. The molecule has 3 nitrogen and oxygen atoms in total. The third-order valence-corrected chi connectivity index (χ3v) is 4.55. The highest BCUT2D eigenvalue weighted by Gasteiger charge is 2.19. The molecule has 2 rings (SSSR count). The van der Waals surface area contributed by atoms with Crippen LogP contribution in [0.25, 0.3) is 0 Å². The van der Waals surface area contributed by atoms with Gasteiger partial charge in [-0.15, -0.1) is 0 Å². The summed E-state index contributed by atoms with van der Waals surface area (Å²) in [6.45, 7) is 5.23. The molecule has 0 radical (unpaired) electrons. The summed E-state index contributed by atoms with van der Waals surface area (Å²) in [4.78, 5) is 2.42. The summed E-state index contributed by atoms with van der Waals surface area (Å²) in [7, 11) is 1.66. The highest BCUT2D eigenvalue weighted by Crippen LogP contribution is 2.24. The minimum absolute atomic E-state index is 0.428. The average molecular weight is 291 g/mol. The summed E-state index contributed by atoms with van der Waals surface area (Å²) in [5.74, 6) is 1.69. The first-order chi connectivity index (χ1) is 10.2. The summed E-state index contributed by atoms with van der Waals surface area (Å²) in [5, 5.41) is 10.5. The number of rotatable bonds is 6. The number of β-amino-alcohol motifs (C(OH)–C–C–N with tert-alkyl or cyclic N) is 1. The van der Waals surface area contributed by atoms with Gasteiger partial charge in [0.05, 0.1) is 13.2 Å². The second-order valence-electron chi connectivity index (χ2n) is 6.18. The van der Waals surface area contributed by atoms with Crippen molar-refractivity contribution in [2.24, 2.45) is 5.92 Å². The lowest BCUT2D eigenvalue weighted by Gasteiger charge is -2.23. The van der Waals surface area contributed by atoms with Gasteiger partial charge in [0.2, 0.25) is 0 Å². The summed E-state index contributed by atoms with van der Waals surface area (Å²) < 4.78 is 5.23. The number of aliphatic hydroxyl groups excluding tert-OH is 1. The maximum absolute atomic E-state index is 10.5. The molecule has 0 saturated carbocycles. The molecule has 0 aliphatic carbocycles. The number of aliphatic hydroxyl groups is 1. The molecule has 1 N–H and O–H groups in total. The molecule has 21 heavy (non-hydrogen) atoms. The molecule has 0 amide bonds. The molecule has 1 heterocycles. The summed E-state index contributed by atoms with van der Waals surface area (Å²) in [5.41, 5.74) is 0.948. The third kappa shape index (κ3) is 5.01. The Morgan fingerprint density at radius 3 is 2.95 bits per heavy atom.